The Balaban J connectivity index is 2.28. The first-order valence-electron chi connectivity index (χ1n) is 5.33. The van der Waals surface area contributed by atoms with Crippen molar-refractivity contribution >= 4 is 5.91 Å². The van der Waals surface area contributed by atoms with E-state index in [-0.39, 0.29) is 11.3 Å². The van der Waals surface area contributed by atoms with E-state index in [1.807, 2.05) is 5.43 Å². The second-order valence-electron chi connectivity index (χ2n) is 3.65. The minimum absolute atomic E-state index is 0.118. The Hall–Kier alpha value is -2.47. The molecule has 0 aromatic carbocycles. The molecule has 0 atom stereocenters. The smallest absolute Gasteiger partial charge is 0.283 e. The van der Waals surface area contributed by atoms with Crippen molar-refractivity contribution in [2.45, 2.75) is 6.54 Å². The van der Waals surface area contributed by atoms with Gasteiger partial charge in [0, 0.05) is 12.3 Å². The van der Waals surface area contributed by atoms with Crippen LogP contribution >= 0.6 is 0 Å². The van der Waals surface area contributed by atoms with Crippen molar-refractivity contribution in [2.75, 3.05) is 0 Å². The molecule has 6 nitrogen and oxygen atoms in total. The molecule has 2 heterocycles. The predicted molar refractivity (Wildman–Crippen MR) is 65.7 cm³/mol. The van der Waals surface area contributed by atoms with Crippen LogP contribution in [-0.2, 0) is 6.54 Å². The van der Waals surface area contributed by atoms with Crippen LogP contribution in [0, 0.1) is 0 Å². The van der Waals surface area contributed by atoms with Gasteiger partial charge in [0.15, 0.2) is 0 Å². The van der Waals surface area contributed by atoms with Gasteiger partial charge in [-0.15, -0.1) is 0 Å². The van der Waals surface area contributed by atoms with E-state index in [0.29, 0.717) is 12.2 Å². The third kappa shape index (κ3) is 2.61. The zero-order valence-electron chi connectivity index (χ0n) is 9.54. The molecule has 18 heavy (non-hydrogen) atoms. The van der Waals surface area contributed by atoms with Gasteiger partial charge in [-0.1, -0.05) is 12.1 Å². The van der Waals surface area contributed by atoms with Crippen LogP contribution in [0.25, 0.3) is 0 Å². The largest absolute Gasteiger partial charge is 0.310 e. The van der Waals surface area contributed by atoms with Gasteiger partial charge in [-0.2, -0.15) is 0 Å². The van der Waals surface area contributed by atoms with E-state index in [0.717, 1.165) is 0 Å². The van der Waals surface area contributed by atoms with Gasteiger partial charge >= 0.3 is 0 Å². The number of nitrogens with one attached hydrogen (secondary N) is 1. The first-order valence-corrected chi connectivity index (χ1v) is 5.33. The summed E-state index contributed by atoms with van der Waals surface area (Å²) in [6.45, 7) is 0.311. The SMILES string of the molecule is NNC(=O)c1cccc(Cn2ccccc2=O)n1. The normalized spacial score (nSPS) is 10.1. The van der Waals surface area contributed by atoms with E-state index in [1.165, 1.54) is 10.6 Å². The van der Waals surface area contributed by atoms with Crippen molar-refractivity contribution < 1.29 is 4.79 Å². The average Bonchev–Trinajstić information content (AvgIpc) is 2.41. The van der Waals surface area contributed by atoms with Crippen LogP contribution in [0.1, 0.15) is 16.2 Å². The standard InChI is InChI=1S/C12H12N4O2/c13-15-12(18)10-5-3-4-9(14-10)8-16-7-2-1-6-11(16)17/h1-7H,8,13H2,(H,15,18). The lowest BCUT2D eigenvalue weighted by atomic mass is 10.3. The Bertz CT molecular complexity index is 621. The van der Waals surface area contributed by atoms with Gasteiger partial charge in [-0.05, 0) is 18.2 Å². The van der Waals surface area contributed by atoms with E-state index in [2.05, 4.69) is 4.98 Å². The van der Waals surface area contributed by atoms with E-state index in [4.69, 9.17) is 5.84 Å². The minimum atomic E-state index is -0.461. The highest BCUT2D eigenvalue weighted by Crippen LogP contribution is 2.01. The Morgan fingerprint density at radius 2 is 2.11 bits per heavy atom. The fourth-order valence-corrected chi connectivity index (χ4v) is 1.53. The summed E-state index contributed by atoms with van der Waals surface area (Å²) in [5.41, 5.74) is 2.73. The molecule has 6 heteroatoms. The van der Waals surface area contributed by atoms with Crippen molar-refractivity contribution in [2.24, 2.45) is 5.84 Å². The molecular formula is C12H12N4O2. The van der Waals surface area contributed by atoms with Crippen LogP contribution in [0.5, 0.6) is 0 Å². The van der Waals surface area contributed by atoms with Gasteiger partial charge in [0.25, 0.3) is 11.5 Å². The molecule has 0 spiro atoms. The Kier molecular flexibility index (Phi) is 3.49. The average molecular weight is 244 g/mol. The summed E-state index contributed by atoms with van der Waals surface area (Å²) in [6, 6.07) is 9.89. The highest BCUT2D eigenvalue weighted by Gasteiger charge is 2.06. The number of amides is 1. The minimum Gasteiger partial charge on any atom is -0.310 e. The van der Waals surface area contributed by atoms with Crippen molar-refractivity contribution in [1.29, 1.82) is 0 Å². The van der Waals surface area contributed by atoms with Crippen LogP contribution in [0.4, 0.5) is 0 Å². The lowest BCUT2D eigenvalue weighted by Crippen LogP contribution is -2.31. The summed E-state index contributed by atoms with van der Waals surface area (Å²) in [6.07, 6.45) is 1.67. The van der Waals surface area contributed by atoms with E-state index in [9.17, 15) is 9.59 Å². The molecular weight excluding hydrogens is 232 g/mol. The third-order valence-electron chi connectivity index (χ3n) is 2.40. The van der Waals surface area contributed by atoms with Crippen LogP contribution in [-0.4, -0.2) is 15.5 Å². The molecule has 0 fully saturated rings. The molecule has 0 aliphatic heterocycles. The van der Waals surface area contributed by atoms with Crippen LogP contribution < -0.4 is 16.8 Å². The van der Waals surface area contributed by atoms with Gasteiger partial charge < -0.3 is 4.57 Å². The summed E-state index contributed by atoms with van der Waals surface area (Å²) < 4.78 is 1.51. The zero-order chi connectivity index (χ0) is 13.0. The Labute approximate surface area is 103 Å². The fourth-order valence-electron chi connectivity index (χ4n) is 1.53. The van der Waals surface area contributed by atoms with E-state index >= 15 is 0 Å². The maximum atomic E-state index is 11.5. The number of hydrogen-bond acceptors (Lipinski definition) is 4. The van der Waals surface area contributed by atoms with E-state index < -0.39 is 5.91 Å². The monoisotopic (exact) mass is 244 g/mol. The lowest BCUT2D eigenvalue weighted by molar-refractivity contribution is 0.0948. The summed E-state index contributed by atoms with van der Waals surface area (Å²) in [5.74, 6) is 4.58. The van der Waals surface area contributed by atoms with Crippen molar-refractivity contribution in [1.82, 2.24) is 15.0 Å². The quantitative estimate of drug-likeness (QED) is 0.448. The molecule has 1 amide bonds. The summed E-state index contributed by atoms with van der Waals surface area (Å²) >= 11 is 0. The summed E-state index contributed by atoms with van der Waals surface area (Å²) in [5, 5.41) is 0. The molecule has 0 aliphatic carbocycles. The predicted octanol–water partition coefficient (Wildman–Crippen LogP) is -0.105. The number of pyridine rings is 2. The van der Waals surface area contributed by atoms with E-state index in [1.54, 1.807) is 36.5 Å². The Morgan fingerprint density at radius 3 is 2.83 bits per heavy atom. The van der Waals surface area contributed by atoms with Gasteiger partial charge in [0.2, 0.25) is 0 Å². The fraction of sp³-hybridized carbons (Fsp3) is 0.0833. The van der Waals surface area contributed by atoms with Gasteiger partial charge in [0.1, 0.15) is 5.69 Å². The van der Waals surface area contributed by atoms with Crippen molar-refractivity contribution in [3.8, 4) is 0 Å². The molecule has 0 radical (unpaired) electrons. The van der Waals surface area contributed by atoms with Crippen molar-refractivity contribution in [3.05, 3.63) is 64.3 Å². The summed E-state index contributed by atoms with van der Waals surface area (Å²) in [4.78, 5) is 27.0. The number of hydrazine groups is 1. The number of carbonyl (C=O) groups is 1. The number of aromatic nitrogens is 2. The number of nitrogens with zero attached hydrogens (tertiary/aromatic N) is 2. The molecule has 0 unspecified atom stereocenters. The first kappa shape index (κ1) is 12.0. The first-order chi connectivity index (χ1) is 8.70. The number of carbonyl (C=O) groups excluding carboxylic acids is 1. The number of rotatable bonds is 3. The van der Waals surface area contributed by atoms with Crippen LogP contribution in [0.3, 0.4) is 0 Å². The molecule has 2 aromatic heterocycles. The Morgan fingerprint density at radius 1 is 1.28 bits per heavy atom. The summed E-state index contributed by atoms with van der Waals surface area (Å²) in [7, 11) is 0. The molecule has 2 aromatic rings. The molecule has 3 N–H and O–H groups in total. The van der Waals surface area contributed by atoms with Gasteiger partial charge in [0.05, 0.1) is 12.2 Å². The lowest BCUT2D eigenvalue weighted by Gasteiger charge is -2.05. The van der Waals surface area contributed by atoms with Gasteiger partial charge in [-0.3, -0.25) is 15.0 Å². The number of nitrogen functional groups attached to an aromatic ring is 1. The van der Waals surface area contributed by atoms with Crippen LogP contribution in [0.2, 0.25) is 0 Å². The second-order valence-corrected chi connectivity index (χ2v) is 3.65. The second kappa shape index (κ2) is 5.24. The number of nitrogens with two attached hydrogens (primary N) is 1. The maximum absolute atomic E-state index is 11.5. The topological polar surface area (TPSA) is 90.0 Å². The molecule has 0 saturated heterocycles. The van der Waals surface area contributed by atoms with Crippen molar-refractivity contribution in [3.63, 3.8) is 0 Å². The zero-order valence-corrected chi connectivity index (χ0v) is 9.54. The highest BCUT2D eigenvalue weighted by molar-refractivity contribution is 5.91. The molecule has 2 rings (SSSR count). The van der Waals surface area contributed by atoms with Gasteiger partial charge in [-0.25, -0.2) is 10.8 Å². The molecule has 0 bridgehead atoms. The van der Waals surface area contributed by atoms with Crippen LogP contribution in [0.15, 0.2) is 47.4 Å². The third-order valence-corrected chi connectivity index (χ3v) is 2.40. The maximum Gasteiger partial charge on any atom is 0.283 e. The highest BCUT2D eigenvalue weighted by atomic mass is 16.2. The number of hydrogen-bond donors (Lipinski definition) is 2. The molecule has 92 valence electrons. The molecule has 0 saturated carbocycles. The molecule has 0 aliphatic rings.